The minimum absolute atomic E-state index is 0.231. The number of rotatable bonds is 14. The lowest BCUT2D eigenvalue weighted by Gasteiger charge is -2.12. The van der Waals surface area contributed by atoms with Crippen LogP contribution in [-0.4, -0.2) is 18.5 Å². The highest BCUT2D eigenvalue weighted by Crippen LogP contribution is 2.22. The molecule has 0 atom stereocenters. The van der Waals surface area contributed by atoms with Gasteiger partial charge in [0, 0.05) is 0 Å². The molecule has 0 unspecified atom stereocenters. The second-order valence-corrected chi connectivity index (χ2v) is 7.90. The fourth-order valence-electron chi connectivity index (χ4n) is 3.55. The third kappa shape index (κ3) is 8.56. The van der Waals surface area contributed by atoms with Crippen LogP contribution in [0.5, 0.6) is 5.75 Å². The number of aryl methyl sites for hydroxylation is 1. The van der Waals surface area contributed by atoms with Crippen molar-refractivity contribution in [2.75, 3.05) is 6.61 Å². The minimum Gasteiger partial charge on any atom is -0.462 e. The summed E-state index contributed by atoms with van der Waals surface area (Å²) in [6.07, 6.45) is 11.2. The molecule has 0 heterocycles. The van der Waals surface area contributed by atoms with Crippen LogP contribution in [0.1, 0.15) is 97.9 Å². The van der Waals surface area contributed by atoms with Crippen molar-refractivity contribution in [3.05, 3.63) is 65.2 Å². The van der Waals surface area contributed by atoms with Crippen LogP contribution in [0.2, 0.25) is 0 Å². The summed E-state index contributed by atoms with van der Waals surface area (Å²) in [5.74, 6) is -0.475. The van der Waals surface area contributed by atoms with Gasteiger partial charge in [0.1, 0.15) is 5.75 Å². The molecule has 2 aromatic rings. The highest BCUT2D eigenvalue weighted by Gasteiger charge is 2.20. The second kappa shape index (κ2) is 14.4. The van der Waals surface area contributed by atoms with Crippen molar-refractivity contribution in [1.29, 1.82) is 0 Å². The first-order valence-corrected chi connectivity index (χ1v) is 11.7. The third-order valence-corrected chi connectivity index (χ3v) is 5.29. The first-order valence-electron chi connectivity index (χ1n) is 11.7. The van der Waals surface area contributed by atoms with Gasteiger partial charge in [-0.05, 0) is 36.6 Å². The molecule has 0 radical (unpaired) electrons. The Balaban J connectivity index is 1.87. The summed E-state index contributed by atoms with van der Waals surface area (Å²) in [6.45, 7) is 4.67. The van der Waals surface area contributed by atoms with E-state index in [1.807, 2.05) is 18.2 Å². The van der Waals surface area contributed by atoms with Gasteiger partial charge in [0.25, 0.3) is 0 Å². The second-order valence-electron chi connectivity index (χ2n) is 7.90. The highest BCUT2D eigenvalue weighted by atomic mass is 16.5. The summed E-state index contributed by atoms with van der Waals surface area (Å²) in [5, 5.41) is 0. The number of benzene rings is 2. The number of carbonyl (C=O) groups excluding carboxylic acids is 2. The first-order chi connectivity index (χ1) is 15.2. The van der Waals surface area contributed by atoms with Crippen LogP contribution in [0.25, 0.3) is 0 Å². The van der Waals surface area contributed by atoms with Gasteiger partial charge in [-0.2, -0.15) is 0 Å². The van der Waals surface area contributed by atoms with E-state index in [2.05, 4.69) is 13.8 Å². The highest BCUT2D eigenvalue weighted by molar-refractivity contribution is 6.03. The summed E-state index contributed by atoms with van der Waals surface area (Å²) in [5.41, 5.74) is 1.46. The number of esters is 2. The van der Waals surface area contributed by atoms with Crippen molar-refractivity contribution in [3.63, 3.8) is 0 Å². The molecule has 0 N–H and O–H groups in total. The van der Waals surface area contributed by atoms with Crippen LogP contribution in [0.15, 0.2) is 48.5 Å². The number of carbonyl (C=O) groups is 2. The van der Waals surface area contributed by atoms with E-state index in [4.69, 9.17) is 9.47 Å². The van der Waals surface area contributed by atoms with Crippen molar-refractivity contribution in [3.8, 4) is 5.75 Å². The molecule has 0 aliphatic carbocycles. The van der Waals surface area contributed by atoms with Gasteiger partial charge in [-0.15, -0.1) is 0 Å². The Morgan fingerprint density at radius 2 is 1.26 bits per heavy atom. The summed E-state index contributed by atoms with van der Waals surface area (Å²) in [7, 11) is 0. The van der Waals surface area contributed by atoms with E-state index in [1.54, 1.807) is 30.3 Å². The Hall–Kier alpha value is -2.62. The third-order valence-electron chi connectivity index (χ3n) is 5.29. The molecule has 0 fully saturated rings. The summed E-state index contributed by atoms with van der Waals surface area (Å²) in [6, 6.07) is 14.2. The smallest absolute Gasteiger partial charge is 0.344 e. The average molecular weight is 425 g/mol. The lowest BCUT2D eigenvalue weighted by atomic mass is 10.1. The summed E-state index contributed by atoms with van der Waals surface area (Å²) >= 11 is 0. The Kier molecular flexibility index (Phi) is 11.4. The Labute approximate surface area is 187 Å². The van der Waals surface area contributed by atoms with Gasteiger partial charge in [0.2, 0.25) is 0 Å². The van der Waals surface area contributed by atoms with E-state index in [9.17, 15) is 9.59 Å². The SMILES string of the molecule is CCCCCCCCCCOC(=O)c1ccccc1C(=O)Oc1ccccc1CCC. The van der Waals surface area contributed by atoms with Crippen molar-refractivity contribution < 1.29 is 19.1 Å². The fourth-order valence-corrected chi connectivity index (χ4v) is 3.55. The molecule has 0 saturated heterocycles. The number of hydrogen-bond donors (Lipinski definition) is 0. The Bertz CT molecular complexity index is 812. The lowest BCUT2D eigenvalue weighted by molar-refractivity contribution is 0.0489. The van der Waals surface area contributed by atoms with Crippen LogP contribution in [-0.2, 0) is 11.2 Å². The molecule has 0 aliphatic rings. The van der Waals surface area contributed by atoms with E-state index in [0.717, 1.165) is 31.2 Å². The minimum atomic E-state index is -0.539. The molecular formula is C27H36O4. The molecule has 0 bridgehead atoms. The first kappa shape index (κ1) is 24.6. The van der Waals surface area contributed by atoms with Crippen LogP contribution in [0.3, 0.4) is 0 Å². The monoisotopic (exact) mass is 424 g/mol. The van der Waals surface area contributed by atoms with Crippen molar-refractivity contribution in [2.45, 2.75) is 78.1 Å². The van der Waals surface area contributed by atoms with Crippen LogP contribution < -0.4 is 4.74 Å². The van der Waals surface area contributed by atoms with Gasteiger partial charge >= 0.3 is 11.9 Å². The largest absolute Gasteiger partial charge is 0.462 e. The predicted molar refractivity (Wildman–Crippen MR) is 125 cm³/mol. The van der Waals surface area contributed by atoms with Crippen LogP contribution >= 0.6 is 0 Å². The van der Waals surface area contributed by atoms with Gasteiger partial charge in [-0.25, -0.2) is 9.59 Å². The normalized spacial score (nSPS) is 10.6. The average Bonchev–Trinajstić information content (AvgIpc) is 2.79. The summed E-state index contributed by atoms with van der Waals surface area (Å²) in [4.78, 5) is 25.4. The standard InChI is InChI=1S/C27H36O4/c1-3-5-6-7-8-9-10-15-21-30-26(28)23-18-12-13-19-24(23)27(29)31-25-20-14-11-17-22(25)16-4-2/h11-14,17-20H,3-10,15-16,21H2,1-2H3. The number of unbranched alkanes of at least 4 members (excludes halogenated alkanes) is 7. The van der Waals surface area contributed by atoms with Crippen LogP contribution in [0.4, 0.5) is 0 Å². The molecule has 2 rings (SSSR count). The van der Waals surface area contributed by atoms with Crippen molar-refractivity contribution >= 4 is 11.9 Å². The van der Waals surface area contributed by atoms with Gasteiger partial charge in [0.05, 0.1) is 17.7 Å². The fraction of sp³-hybridized carbons (Fsp3) is 0.481. The van der Waals surface area contributed by atoms with E-state index < -0.39 is 11.9 Å². The Morgan fingerprint density at radius 1 is 0.677 bits per heavy atom. The lowest BCUT2D eigenvalue weighted by Crippen LogP contribution is -2.16. The molecule has 0 aliphatic heterocycles. The van der Waals surface area contributed by atoms with E-state index in [1.165, 1.54) is 38.5 Å². The molecular weight excluding hydrogens is 388 g/mol. The molecule has 4 nitrogen and oxygen atoms in total. The maximum atomic E-state index is 12.8. The number of hydrogen-bond acceptors (Lipinski definition) is 4. The predicted octanol–water partition coefficient (Wildman–Crippen LogP) is 7.16. The molecule has 0 spiro atoms. The zero-order chi connectivity index (χ0) is 22.3. The van der Waals surface area contributed by atoms with Crippen LogP contribution in [0, 0.1) is 0 Å². The van der Waals surface area contributed by atoms with E-state index in [0.29, 0.717) is 12.4 Å². The molecule has 31 heavy (non-hydrogen) atoms. The van der Waals surface area contributed by atoms with E-state index in [-0.39, 0.29) is 11.1 Å². The maximum Gasteiger partial charge on any atom is 0.344 e. The summed E-state index contributed by atoms with van der Waals surface area (Å²) < 4.78 is 11.1. The molecule has 4 heteroatoms. The zero-order valence-corrected chi connectivity index (χ0v) is 19.0. The topological polar surface area (TPSA) is 52.6 Å². The number of para-hydroxylation sites is 1. The quantitative estimate of drug-likeness (QED) is 0.183. The molecule has 2 aromatic carbocycles. The van der Waals surface area contributed by atoms with Crippen molar-refractivity contribution in [2.24, 2.45) is 0 Å². The number of ether oxygens (including phenoxy) is 2. The van der Waals surface area contributed by atoms with E-state index >= 15 is 0 Å². The molecule has 0 aromatic heterocycles. The molecule has 0 saturated carbocycles. The van der Waals surface area contributed by atoms with Gasteiger partial charge in [-0.1, -0.05) is 95.5 Å². The van der Waals surface area contributed by atoms with Gasteiger partial charge in [0.15, 0.2) is 0 Å². The Morgan fingerprint density at radius 3 is 1.94 bits per heavy atom. The van der Waals surface area contributed by atoms with Crippen molar-refractivity contribution in [1.82, 2.24) is 0 Å². The molecule has 0 amide bonds. The molecule has 168 valence electrons. The van der Waals surface area contributed by atoms with Gasteiger partial charge in [-0.3, -0.25) is 0 Å². The zero-order valence-electron chi connectivity index (χ0n) is 19.0. The van der Waals surface area contributed by atoms with Gasteiger partial charge < -0.3 is 9.47 Å². The maximum absolute atomic E-state index is 12.8.